The molecule has 1 aromatic carbocycles. The van der Waals surface area contributed by atoms with Crippen LogP contribution in [0.3, 0.4) is 0 Å². The third kappa shape index (κ3) is 2.10. The van der Waals surface area contributed by atoms with E-state index in [0.29, 0.717) is 0 Å². The molecule has 2 nitrogen and oxygen atoms in total. The Balaban J connectivity index is 2.24. The number of Topliss-reactive ketones (excluding diaryl/α,β-unsaturated/α-hetero) is 1. The van der Waals surface area contributed by atoms with Crippen LogP contribution in [0.5, 0.6) is 0 Å². The molecule has 0 amide bonds. The van der Waals surface area contributed by atoms with Crippen LogP contribution < -0.4 is 5.32 Å². The number of ketones is 1. The van der Waals surface area contributed by atoms with Crippen molar-refractivity contribution in [1.29, 1.82) is 0 Å². The highest BCUT2D eigenvalue weighted by molar-refractivity contribution is 6.01. The summed E-state index contributed by atoms with van der Waals surface area (Å²) < 4.78 is 0. The molecule has 1 aliphatic heterocycles. The van der Waals surface area contributed by atoms with Gasteiger partial charge in [0.25, 0.3) is 0 Å². The Hall–Kier alpha value is -1.15. The number of hydrogen-bond acceptors (Lipinski definition) is 2. The van der Waals surface area contributed by atoms with Crippen LogP contribution in [-0.4, -0.2) is 18.4 Å². The molecule has 1 aromatic rings. The summed E-state index contributed by atoms with van der Waals surface area (Å²) in [5.74, 6) is 0.255. The summed E-state index contributed by atoms with van der Waals surface area (Å²) in [4.78, 5) is 12.1. The van der Waals surface area contributed by atoms with E-state index in [4.69, 9.17) is 0 Å². The van der Waals surface area contributed by atoms with Crippen LogP contribution in [0.15, 0.2) is 18.2 Å². The number of carbonyl (C=O) groups excluding carboxylic acids is 1. The molecule has 0 aliphatic carbocycles. The standard InChI is InChI=1S/C13H17NO/c1-9-5-6-11(10(2)8-9)13(15)12-4-3-7-14-12/h5-6,8,12,14H,3-4,7H2,1-2H3. The van der Waals surface area contributed by atoms with Gasteiger partial charge < -0.3 is 5.32 Å². The van der Waals surface area contributed by atoms with Crippen molar-refractivity contribution >= 4 is 5.78 Å². The minimum Gasteiger partial charge on any atom is -0.307 e. The zero-order chi connectivity index (χ0) is 10.8. The van der Waals surface area contributed by atoms with Crippen molar-refractivity contribution in [2.45, 2.75) is 32.7 Å². The van der Waals surface area contributed by atoms with E-state index in [-0.39, 0.29) is 11.8 Å². The number of benzene rings is 1. The summed E-state index contributed by atoms with van der Waals surface area (Å²) in [6.07, 6.45) is 2.09. The van der Waals surface area contributed by atoms with Gasteiger partial charge in [0.1, 0.15) is 0 Å². The molecule has 1 fully saturated rings. The van der Waals surface area contributed by atoms with Gasteiger partial charge in [0, 0.05) is 5.56 Å². The smallest absolute Gasteiger partial charge is 0.179 e. The predicted octanol–water partition coefficient (Wildman–Crippen LogP) is 2.24. The van der Waals surface area contributed by atoms with Gasteiger partial charge in [0.2, 0.25) is 0 Å². The van der Waals surface area contributed by atoms with Gasteiger partial charge in [0.05, 0.1) is 6.04 Å². The Labute approximate surface area is 90.7 Å². The van der Waals surface area contributed by atoms with Gasteiger partial charge in [-0.1, -0.05) is 23.8 Å². The maximum Gasteiger partial charge on any atom is 0.179 e. The zero-order valence-corrected chi connectivity index (χ0v) is 9.34. The van der Waals surface area contributed by atoms with Crippen LogP contribution in [0.2, 0.25) is 0 Å². The minimum atomic E-state index is 0.0476. The van der Waals surface area contributed by atoms with Crippen LogP contribution in [0.1, 0.15) is 34.3 Å². The van der Waals surface area contributed by atoms with Crippen molar-refractivity contribution in [2.24, 2.45) is 0 Å². The topological polar surface area (TPSA) is 29.1 Å². The fourth-order valence-corrected chi connectivity index (χ4v) is 2.19. The quantitative estimate of drug-likeness (QED) is 0.747. The van der Waals surface area contributed by atoms with Crippen molar-refractivity contribution in [2.75, 3.05) is 6.54 Å². The lowest BCUT2D eigenvalue weighted by molar-refractivity contribution is 0.0951. The largest absolute Gasteiger partial charge is 0.307 e. The van der Waals surface area contributed by atoms with E-state index in [9.17, 15) is 4.79 Å². The highest BCUT2D eigenvalue weighted by Crippen LogP contribution is 2.16. The Morgan fingerprint density at radius 3 is 2.80 bits per heavy atom. The van der Waals surface area contributed by atoms with Gasteiger partial charge in [-0.25, -0.2) is 0 Å². The summed E-state index contributed by atoms with van der Waals surface area (Å²) in [6, 6.07) is 6.08. The van der Waals surface area contributed by atoms with Crippen molar-refractivity contribution < 1.29 is 4.79 Å². The van der Waals surface area contributed by atoms with Gasteiger partial charge in [-0.3, -0.25) is 4.79 Å². The number of rotatable bonds is 2. The summed E-state index contributed by atoms with van der Waals surface area (Å²) in [7, 11) is 0. The number of aryl methyl sites for hydroxylation is 2. The molecule has 2 rings (SSSR count). The Morgan fingerprint density at radius 1 is 1.40 bits per heavy atom. The monoisotopic (exact) mass is 203 g/mol. The maximum atomic E-state index is 12.1. The second-order valence-corrected chi connectivity index (χ2v) is 4.33. The summed E-state index contributed by atoms with van der Waals surface area (Å²) in [6.45, 7) is 5.03. The van der Waals surface area contributed by atoms with Crippen molar-refractivity contribution in [3.63, 3.8) is 0 Å². The van der Waals surface area contributed by atoms with Gasteiger partial charge in [-0.05, 0) is 38.8 Å². The predicted molar refractivity (Wildman–Crippen MR) is 61.3 cm³/mol. The highest BCUT2D eigenvalue weighted by Gasteiger charge is 2.23. The third-order valence-corrected chi connectivity index (χ3v) is 3.02. The second-order valence-electron chi connectivity index (χ2n) is 4.33. The fraction of sp³-hybridized carbons (Fsp3) is 0.462. The van der Waals surface area contributed by atoms with Crippen molar-refractivity contribution in [1.82, 2.24) is 5.32 Å². The molecule has 0 bridgehead atoms. The van der Waals surface area contributed by atoms with Crippen LogP contribution >= 0.6 is 0 Å². The lowest BCUT2D eigenvalue weighted by Gasteiger charge is -2.11. The van der Waals surface area contributed by atoms with Gasteiger partial charge in [-0.15, -0.1) is 0 Å². The first-order valence-electron chi connectivity index (χ1n) is 5.53. The molecule has 0 aromatic heterocycles. The minimum absolute atomic E-state index is 0.0476. The normalized spacial score (nSPS) is 20.5. The van der Waals surface area contributed by atoms with Crippen LogP contribution in [-0.2, 0) is 0 Å². The van der Waals surface area contributed by atoms with E-state index >= 15 is 0 Å². The van der Waals surface area contributed by atoms with E-state index in [0.717, 1.165) is 30.5 Å². The first kappa shape index (κ1) is 10.4. The molecule has 1 aliphatic rings. The van der Waals surface area contributed by atoms with Crippen molar-refractivity contribution in [3.8, 4) is 0 Å². The molecule has 80 valence electrons. The maximum absolute atomic E-state index is 12.1. The molecule has 0 radical (unpaired) electrons. The van der Waals surface area contributed by atoms with E-state index in [2.05, 4.69) is 18.3 Å². The number of nitrogens with one attached hydrogen (secondary N) is 1. The molecule has 2 heteroatoms. The molecular formula is C13H17NO. The fourth-order valence-electron chi connectivity index (χ4n) is 2.19. The van der Waals surface area contributed by atoms with Crippen molar-refractivity contribution in [3.05, 3.63) is 34.9 Å². The van der Waals surface area contributed by atoms with E-state index < -0.39 is 0 Å². The average Bonchev–Trinajstić information content (AvgIpc) is 2.69. The lowest BCUT2D eigenvalue weighted by Crippen LogP contribution is -2.31. The van der Waals surface area contributed by atoms with Crippen LogP contribution in [0.25, 0.3) is 0 Å². The summed E-state index contributed by atoms with van der Waals surface area (Å²) >= 11 is 0. The Bertz CT molecular complexity index is 378. The molecule has 0 spiro atoms. The highest BCUT2D eigenvalue weighted by atomic mass is 16.1. The molecular weight excluding hydrogens is 186 g/mol. The first-order chi connectivity index (χ1) is 7.18. The Morgan fingerprint density at radius 2 is 2.20 bits per heavy atom. The molecule has 1 saturated heterocycles. The first-order valence-corrected chi connectivity index (χ1v) is 5.53. The SMILES string of the molecule is Cc1ccc(C(=O)C2CCCN2)c(C)c1. The lowest BCUT2D eigenvalue weighted by atomic mass is 9.97. The van der Waals surface area contributed by atoms with E-state index in [1.165, 1.54) is 5.56 Å². The third-order valence-electron chi connectivity index (χ3n) is 3.02. The molecule has 1 atom stereocenters. The number of carbonyl (C=O) groups is 1. The van der Waals surface area contributed by atoms with Gasteiger partial charge in [-0.2, -0.15) is 0 Å². The molecule has 15 heavy (non-hydrogen) atoms. The molecule has 0 saturated carbocycles. The van der Waals surface area contributed by atoms with Gasteiger partial charge in [0.15, 0.2) is 5.78 Å². The summed E-state index contributed by atoms with van der Waals surface area (Å²) in [5.41, 5.74) is 3.18. The zero-order valence-electron chi connectivity index (χ0n) is 9.34. The van der Waals surface area contributed by atoms with Crippen LogP contribution in [0.4, 0.5) is 0 Å². The van der Waals surface area contributed by atoms with E-state index in [1.807, 2.05) is 19.1 Å². The average molecular weight is 203 g/mol. The Kier molecular flexibility index (Phi) is 2.87. The van der Waals surface area contributed by atoms with Gasteiger partial charge >= 0.3 is 0 Å². The van der Waals surface area contributed by atoms with Crippen LogP contribution in [0, 0.1) is 13.8 Å². The summed E-state index contributed by atoms with van der Waals surface area (Å²) in [5, 5.41) is 3.25. The molecule has 1 heterocycles. The molecule has 1 N–H and O–H groups in total. The molecule has 1 unspecified atom stereocenters. The van der Waals surface area contributed by atoms with E-state index in [1.54, 1.807) is 0 Å². The number of hydrogen-bond donors (Lipinski definition) is 1. The second kappa shape index (κ2) is 4.15.